The Morgan fingerprint density at radius 1 is 0.878 bits per heavy atom. The lowest BCUT2D eigenvalue weighted by Gasteiger charge is -2.45. The summed E-state index contributed by atoms with van der Waals surface area (Å²) in [5, 5.41) is 3.57. The minimum atomic E-state index is 0.165. The third-order valence-corrected chi connectivity index (χ3v) is 12.3. The highest BCUT2D eigenvalue weighted by molar-refractivity contribution is 5.80. The predicted molar refractivity (Wildman–Crippen MR) is 179 cm³/mol. The maximum atomic E-state index is 13.3. The number of Topliss-reactive ketones (excluding diaryl/α,β-unsaturated/α-hetero) is 1. The molecule has 0 heterocycles. The second-order valence-electron chi connectivity index (χ2n) is 16.0. The average Bonchev–Trinajstić information content (AvgIpc) is 2.91. The molecule has 0 aliphatic heterocycles. The van der Waals surface area contributed by atoms with E-state index in [1.54, 1.807) is 0 Å². The Labute approximate surface area is 257 Å². The second kappa shape index (κ2) is 17.7. The third kappa shape index (κ3) is 11.2. The number of carbonyl (C=O) groups is 1. The smallest absolute Gasteiger partial charge is 0.135 e. The van der Waals surface area contributed by atoms with Gasteiger partial charge in [-0.3, -0.25) is 4.79 Å². The molecule has 2 saturated carbocycles. The van der Waals surface area contributed by atoms with Crippen molar-refractivity contribution in [3.63, 3.8) is 0 Å². The lowest BCUT2D eigenvalue weighted by Crippen LogP contribution is -2.40. The van der Waals surface area contributed by atoms with E-state index in [4.69, 9.17) is 5.73 Å². The van der Waals surface area contributed by atoms with Crippen molar-refractivity contribution >= 4 is 5.78 Å². The van der Waals surface area contributed by atoms with Crippen LogP contribution in [-0.4, -0.2) is 50.5 Å². The summed E-state index contributed by atoms with van der Waals surface area (Å²) in [6.07, 6.45) is 11.2. The Hall–Kier alpha value is -0.450. The molecule has 242 valence electrons. The molecule has 0 spiro atoms. The van der Waals surface area contributed by atoms with Crippen LogP contribution in [-0.2, 0) is 4.79 Å². The molecule has 4 nitrogen and oxygen atoms in total. The molecule has 2 aliphatic carbocycles. The lowest BCUT2D eigenvalue weighted by molar-refractivity contribution is -0.125. The number of nitrogens with two attached hydrogens (primary N) is 1. The highest BCUT2D eigenvalue weighted by Gasteiger charge is 2.40. The van der Waals surface area contributed by atoms with E-state index in [9.17, 15) is 4.79 Å². The van der Waals surface area contributed by atoms with Gasteiger partial charge in [0.1, 0.15) is 5.78 Å². The number of ketones is 1. The van der Waals surface area contributed by atoms with Crippen molar-refractivity contribution in [1.29, 1.82) is 0 Å². The SMILES string of the molecule is CCC(=O)C(C)[C@@H](CC1CC(C)C(C)C(C)C1)[C@H](C)[C@@H](CC1CC(C)CC(N(C)C)C1)C(C)C[C@@H](C)CNCCN. The summed E-state index contributed by atoms with van der Waals surface area (Å²) in [4.78, 5) is 15.8. The zero-order valence-electron chi connectivity index (χ0n) is 29.4. The number of nitrogens with zero attached hydrogens (tertiary/aromatic N) is 1. The summed E-state index contributed by atoms with van der Waals surface area (Å²) in [6, 6.07) is 0.706. The Bertz CT molecular complexity index is 728. The fourth-order valence-electron chi connectivity index (χ4n) is 9.48. The van der Waals surface area contributed by atoms with Crippen LogP contribution in [0.25, 0.3) is 0 Å². The summed E-state index contributed by atoms with van der Waals surface area (Å²) in [6.45, 7) is 24.4. The summed E-state index contributed by atoms with van der Waals surface area (Å²) < 4.78 is 0. The summed E-state index contributed by atoms with van der Waals surface area (Å²) in [5.74, 6) is 8.43. The van der Waals surface area contributed by atoms with Gasteiger partial charge in [0.05, 0.1) is 0 Å². The van der Waals surface area contributed by atoms with E-state index in [-0.39, 0.29) is 5.92 Å². The third-order valence-electron chi connectivity index (χ3n) is 12.3. The van der Waals surface area contributed by atoms with Gasteiger partial charge in [0.2, 0.25) is 0 Å². The molecule has 0 radical (unpaired) electrons. The van der Waals surface area contributed by atoms with Gasteiger partial charge in [0.15, 0.2) is 0 Å². The standard InChI is InChI=1S/C37H73N3O/c1-12-37(41)31(9)36(22-33-18-26(4)29(7)27(5)19-33)30(8)35(28(6)15-25(3)23-39-14-13-38)21-32-16-24(2)17-34(20-32)40(10)11/h24-36,39H,12-23,38H2,1-11H3/t24?,25-,26?,27?,28?,29?,30-,31?,32?,33?,34?,35+,36+/m1/s1. The van der Waals surface area contributed by atoms with Crippen LogP contribution >= 0.6 is 0 Å². The van der Waals surface area contributed by atoms with E-state index >= 15 is 0 Å². The maximum Gasteiger partial charge on any atom is 0.135 e. The zero-order valence-corrected chi connectivity index (χ0v) is 29.4. The fraction of sp³-hybridized carbons (Fsp3) is 0.973. The molecule has 0 saturated heterocycles. The van der Waals surface area contributed by atoms with Gasteiger partial charge in [-0.15, -0.1) is 0 Å². The van der Waals surface area contributed by atoms with Crippen LogP contribution in [0.2, 0.25) is 0 Å². The van der Waals surface area contributed by atoms with Gasteiger partial charge in [-0.25, -0.2) is 0 Å². The van der Waals surface area contributed by atoms with Gasteiger partial charge in [-0.2, -0.15) is 0 Å². The van der Waals surface area contributed by atoms with Gasteiger partial charge in [0.25, 0.3) is 0 Å². The van der Waals surface area contributed by atoms with Gasteiger partial charge in [0, 0.05) is 31.5 Å². The quantitative estimate of drug-likeness (QED) is 0.172. The normalized spacial score (nSPS) is 33.6. The topological polar surface area (TPSA) is 58.4 Å². The summed E-state index contributed by atoms with van der Waals surface area (Å²) >= 11 is 0. The molecule has 2 fully saturated rings. The Morgan fingerprint density at radius 2 is 1.46 bits per heavy atom. The van der Waals surface area contributed by atoms with Crippen molar-refractivity contribution in [2.75, 3.05) is 33.7 Å². The molecular weight excluding hydrogens is 502 g/mol. The summed E-state index contributed by atoms with van der Waals surface area (Å²) in [5.41, 5.74) is 5.76. The minimum Gasteiger partial charge on any atom is -0.329 e. The zero-order chi connectivity index (χ0) is 30.9. The molecule has 7 unspecified atom stereocenters. The number of rotatable bonds is 17. The molecule has 0 aromatic heterocycles. The molecule has 4 heteroatoms. The molecule has 0 bridgehead atoms. The summed E-state index contributed by atoms with van der Waals surface area (Å²) in [7, 11) is 4.55. The molecule has 2 rings (SSSR count). The molecule has 0 aromatic rings. The fourth-order valence-corrected chi connectivity index (χ4v) is 9.48. The second-order valence-corrected chi connectivity index (χ2v) is 16.0. The van der Waals surface area contributed by atoms with Gasteiger partial charge >= 0.3 is 0 Å². The van der Waals surface area contributed by atoms with Crippen molar-refractivity contribution in [2.24, 2.45) is 76.7 Å². The molecule has 11 atom stereocenters. The average molecular weight is 576 g/mol. The van der Waals surface area contributed by atoms with Crippen LogP contribution in [0.1, 0.15) is 120 Å². The van der Waals surface area contributed by atoms with Crippen molar-refractivity contribution in [1.82, 2.24) is 10.2 Å². The van der Waals surface area contributed by atoms with Crippen LogP contribution in [0.3, 0.4) is 0 Å². The van der Waals surface area contributed by atoms with Gasteiger partial charge in [-0.1, -0.05) is 62.3 Å². The highest BCUT2D eigenvalue weighted by atomic mass is 16.1. The van der Waals surface area contributed by atoms with Crippen molar-refractivity contribution in [3.8, 4) is 0 Å². The number of hydrogen-bond donors (Lipinski definition) is 2. The van der Waals surface area contributed by atoms with Crippen LogP contribution < -0.4 is 11.1 Å². The van der Waals surface area contributed by atoms with Crippen LogP contribution in [0, 0.1) is 71.0 Å². The number of nitrogens with one attached hydrogen (secondary N) is 1. The van der Waals surface area contributed by atoms with Crippen molar-refractivity contribution in [2.45, 2.75) is 126 Å². The minimum absolute atomic E-state index is 0.165. The van der Waals surface area contributed by atoms with Gasteiger partial charge in [-0.05, 0) is 137 Å². The van der Waals surface area contributed by atoms with E-state index in [2.05, 4.69) is 86.6 Å². The number of hydrogen-bond acceptors (Lipinski definition) is 4. The molecule has 3 N–H and O–H groups in total. The first-order chi connectivity index (χ1) is 19.3. The largest absolute Gasteiger partial charge is 0.329 e. The van der Waals surface area contributed by atoms with Crippen LogP contribution in [0.4, 0.5) is 0 Å². The Morgan fingerprint density at radius 3 is 2.02 bits per heavy atom. The van der Waals surface area contributed by atoms with Crippen molar-refractivity contribution in [3.05, 3.63) is 0 Å². The Balaban J connectivity index is 2.34. The van der Waals surface area contributed by atoms with Crippen LogP contribution in [0.15, 0.2) is 0 Å². The van der Waals surface area contributed by atoms with E-state index in [1.807, 2.05) is 0 Å². The van der Waals surface area contributed by atoms with Gasteiger partial charge < -0.3 is 16.0 Å². The molecule has 2 aliphatic rings. The first-order valence-electron chi connectivity index (χ1n) is 17.9. The maximum absolute atomic E-state index is 13.3. The molecule has 0 amide bonds. The van der Waals surface area contributed by atoms with E-state index in [1.165, 1.54) is 51.4 Å². The predicted octanol–water partition coefficient (Wildman–Crippen LogP) is 8.15. The molecule has 41 heavy (non-hydrogen) atoms. The van der Waals surface area contributed by atoms with Crippen molar-refractivity contribution < 1.29 is 4.79 Å². The molecular formula is C37H73N3O. The lowest BCUT2D eigenvalue weighted by atomic mass is 9.61. The van der Waals surface area contributed by atoms with Crippen LogP contribution in [0.5, 0.6) is 0 Å². The highest BCUT2D eigenvalue weighted by Crippen LogP contribution is 2.47. The Kier molecular flexibility index (Phi) is 15.9. The van der Waals surface area contributed by atoms with E-state index in [0.29, 0.717) is 54.4 Å². The monoisotopic (exact) mass is 576 g/mol. The first kappa shape index (κ1) is 36.7. The van der Waals surface area contributed by atoms with E-state index < -0.39 is 0 Å². The molecule has 0 aromatic carbocycles. The van der Waals surface area contributed by atoms with E-state index in [0.717, 1.165) is 48.6 Å². The first-order valence-corrected chi connectivity index (χ1v) is 17.9. The number of carbonyl (C=O) groups excluding carboxylic acids is 1.